The van der Waals surface area contributed by atoms with Crippen molar-refractivity contribution in [2.75, 3.05) is 23.3 Å². The summed E-state index contributed by atoms with van der Waals surface area (Å²) in [4.78, 5) is 26.4. The van der Waals surface area contributed by atoms with Gasteiger partial charge in [-0.05, 0) is 50.3 Å². The first-order valence-corrected chi connectivity index (χ1v) is 8.79. The summed E-state index contributed by atoms with van der Waals surface area (Å²) in [5.74, 6) is -0.587. The molecule has 5 N–H and O–H groups in total. The molecule has 1 heterocycles. The lowest BCUT2D eigenvalue weighted by Gasteiger charge is -2.30. The molecule has 0 radical (unpaired) electrons. The first-order valence-electron chi connectivity index (χ1n) is 8.79. The van der Waals surface area contributed by atoms with E-state index in [4.69, 9.17) is 11.5 Å². The van der Waals surface area contributed by atoms with E-state index in [1.807, 2.05) is 6.07 Å². The molecule has 6 nitrogen and oxygen atoms in total. The lowest BCUT2D eigenvalue weighted by atomic mass is 9.98. The zero-order chi connectivity index (χ0) is 17.2. The van der Waals surface area contributed by atoms with E-state index < -0.39 is 11.4 Å². The van der Waals surface area contributed by atoms with Crippen LogP contribution in [0.4, 0.5) is 11.4 Å². The van der Waals surface area contributed by atoms with Crippen LogP contribution in [0, 0.1) is 0 Å². The van der Waals surface area contributed by atoms with Crippen molar-refractivity contribution in [3.05, 3.63) is 23.8 Å². The maximum Gasteiger partial charge on any atom is 0.250 e. The lowest BCUT2D eigenvalue weighted by Crippen LogP contribution is -2.48. The Kier molecular flexibility index (Phi) is 6.30. The van der Waals surface area contributed by atoms with Crippen molar-refractivity contribution >= 4 is 35.6 Å². The Balaban J connectivity index is 0.00000225. The molecule has 0 unspecified atom stereocenters. The van der Waals surface area contributed by atoms with Gasteiger partial charge < -0.3 is 21.7 Å². The van der Waals surface area contributed by atoms with Gasteiger partial charge in [0, 0.05) is 18.8 Å². The van der Waals surface area contributed by atoms with Crippen LogP contribution in [-0.2, 0) is 4.79 Å². The van der Waals surface area contributed by atoms with Gasteiger partial charge in [-0.2, -0.15) is 0 Å². The molecular weight excluding hydrogens is 340 g/mol. The molecule has 1 aromatic rings. The normalized spacial score (nSPS) is 19.2. The van der Waals surface area contributed by atoms with E-state index in [0.717, 1.165) is 57.3 Å². The number of nitrogens with zero attached hydrogens (tertiary/aromatic N) is 1. The number of carbonyl (C=O) groups is 2. The standard InChI is InChI=1S/C18H26N4O2.ClH/c19-16(23)14-7-6-13(12-15(14)22-10-4-1-5-11-22)21-17(24)18(20)8-2-3-9-18;/h6-7,12H,1-5,8-11,20H2,(H2,19,23)(H,21,24);1H. The second-order valence-electron chi connectivity index (χ2n) is 6.96. The number of amides is 2. The summed E-state index contributed by atoms with van der Waals surface area (Å²) in [6.07, 6.45) is 6.82. The number of nitrogens with two attached hydrogens (primary N) is 2. The largest absolute Gasteiger partial charge is 0.371 e. The number of rotatable bonds is 4. The van der Waals surface area contributed by atoms with Gasteiger partial charge >= 0.3 is 0 Å². The van der Waals surface area contributed by atoms with E-state index in [-0.39, 0.29) is 18.3 Å². The molecular formula is C18H27ClN4O2. The molecule has 1 saturated carbocycles. The van der Waals surface area contributed by atoms with Crippen LogP contribution in [0.2, 0.25) is 0 Å². The highest BCUT2D eigenvalue weighted by atomic mass is 35.5. The van der Waals surface area contributed by atoms with Crippen molar-refractivity contribution in [2.45, 2.75) is 50.5 Å². The molecule has 0 spiro atoms. The van der Waals surface area contributed by atoms with Crippen molar-refractivity contribution < 1.29 is 9.59 Å². The van der Waals surface area contributed by atoms with Crippen LogP contribution in [-0.4, -0.2) is 30.4 Å². The summed E-state index contributed by atoms with van der Waals surface area (Å²) in [5, 5.41) is 2.93. The van der Waals surface area contributed by atoms with E-state index in [1.54, 1.807) is 12.1 Å². The third-order valence-electron chi connectivity index (χ3n) is 5.17. The van der Waals surface area contributed by atoms with Gasteiger partial charge in [0.25, 0.3) is 5.91 Å². The third kappa shape index (κ3) is 4.25. The molecule has 2 aliphatic rings. The SMILES string of the molecule is Cl.NC(=O)c1ccc(NC(=O)C2(N)CCCC2)cc1N1CCCCC1. The molecule has 2 amide bonds. The summed E-state index contributed by atoms with van der Waals surface area (Å²) in [5.41, 5.74) is 12.9. The zero-order valence-corrected chi connectivity index (χ0v) is 15.2. The van der Waals surface area contributed by atoms with Gasteiger partial charge in [-0.1, -0.05) is 12.8 Å². The first kappa shape index (κ1) is 19.5. The van der Waals surface area contributed by atoms with Gasteiger partial charge in [0.2, 0.25) is 5.91 Å². The summed E-state index contributed by atoms with van der Waals surface area (Å²) in [6, 6.07) is 5.27. The van der Waals surface area contributed by atoms with E-state index in [2.05, 4.69) is 10.2 Å². The van der Waals surface area contributed by atoms with Gasteiger partial charge in [-0.15, -0.1) is 12.4 Å². The number of anilines is 2. The molecule has 1 aliphatic heterocycles. The Hall–Kier alpha value is -1.79. The Labute approximate surface area is 154 Å². The number of carbonyl (C=O) groups excluding carboxylic acids is 2. The number of piperidine rings is 1. The molecule has 0 atom stereocenters. The summed E-state index contributed by atoms with van der Waals surface area (Å²) in [6.45, 7) is 1.80. The fraction of sp³-hybridized carbons (Fsp3) is 0.556. The van der Waals surface area contributed by atoms with Crippen LogP contribution in [0.25, 0.3) is 0 Å². The van der Waals surface area contributed by atoms with Gasteiger partial charge in [-0.3, -0.25) is 9.59 Å². The summed E-state index contributed by atoms with van der Waals surface area (Å²) >= 11 is 0. The zero-order valence-electron chi connectivity index (χ0n) is 14.4. The van der Waals surface area contributed by atoms with Crippen LogP contribution in [0.15, 0.2) is 18.2 Å². The summed E-state index contributed by atoms with van der Waals surface area (Å²) < 4.78 is 0. The molecule has 2 fully saturated rings. The Morgan fingerprint density at radius 1 is 1.04 bits per heavy atom. The number of benzene rings is 1. The fourth-order valence-corrected chi connectivity index (χ4v) is 3.70. The quantitative estimate of drug-likeness (QED) is 0.761. The highest BCUT2D eigenvalue weighted by Crippen LogP contribution is 2.31. The van der Waals surface area contributed by atoms with Crippen LogP contribution in [0.5, 0.6) is 0 Å². The van der Waals surface area contributed by atoms with Gasteiger partial charge in [-0.25, -0.2) is 0 Å². The maximum absolute atomic E-state index is 12.5. The minimum atomic E-state index is -0.770. The molecule has 1 aromatic carbocycles. The highest BCUT2D eigenvalue weighted by molar-refractivity contribution is 6.02. The highest BCUT2D eigenvalue weighted by Gasteiger charge is 2.37. The topological polar surface area (TPSA) is 101 Å². The predicted molar refractivity (Wildman–Crippen MR) is 102 cm³/mol. The first-order chi connectivity index (χ1) is 11.5. The average Bonchev–Trinajstić information content (AvgIpc) is 3.03. The van der Waals surface area contributed by atoms with Crippen LogP contribution in [0.1, 0.15) is 55.3 Å². The Bertz CT molecular complexity index is 638. The van der Waals surface area contributed by atoms with Gasteiger partial charge in [0.05, 0.1) is 16.8 Å². The van der Waals surface area contributed by atoms with Crippen molar-refractivity contribution in [2.24, 2.45) is 11.5 Å². The van der Waals surface area contributed by atoms with Crippen molar-refractivity contribution in [3.63, 3.8) is 0 Å². The fourth-order valence-electron chi connectivity index (χ4n) is 3.70. The van der Waals surface area contributed by atoms with E-state index in [1.165, 1.54) is 6.42 Å². The van der Waals surface area contributed by atoms with E-state index >= 15 is 0 Å². The van der Waals surface area contributed by atoms with Crippen molar-refractivity contribution in [3.8, 4) is 0 Å². The number of nitrogens with one attached hydrogen (secondary N) is 1. The Morgan fingerprint density at radius 2 is 1.68 bits per heavy atom. The maximum atomic E-state index is 12.5. The predicted octanol–water partition coefficient (Wildman–Crippen LogP) is 2.41. The number of halogens is 1. The number of primary amides is 1. The molecule has 1 aliphatic carbocycles. The van der Waals surface area contributed by atoms with Crippen LogP contribution < -0.4 is 21.7 Å². The molecule has 3 rings (SSSR count). The molecule has 25 heavy (non-hydrogen) atoms. The Morgan fingerprint density at radius 3 is 2.28 bits per heavy atom. The molecule has 0 bridgehead atoms. The average molecular weight is 367 g/mol. The number of hydrogen-bond donors (Lipinski definition) is 3. The van der Waals surface area contributed by atoms with E-state index in [9.17, 15) is 9.59 Å². The minimum absolute atomic E-state index is 0. The monoisotopic (exact) mass is 366 g/mol. The molecule has 1 saturated heterocycles. The van der Waals surface area contributed by atoms with Crippen molar-refractivity contribution in [1.82, 2.24) is 0 Å². The van der Waals surface area contributed by atoms with Gasteiger partial charge in [0.15, 0.2) is 0 Å². The van der Waals surface area contributed by atoms with Gasteiger partial charge in [0.1, 0.15) is 0 Å². The smallest absolute Gasteiger partial charge is 0.250 e. The second kappa shape index (κ2) is 8.06. The van der Waals surface area contributed by atoms with Crippen molar-refractivity contribution in [1.29, 1.82) is 0 Å². The van der Waals surface area contributed by atoms with Crippen LogP contribution in [0.3, 0.4) is 0 Å². The lowest BCUT2D eigenvalue weighted by molar-refractivity contribution is -0.121. The second-order valence-corrected chi connectivity index (χ2v) is 6.96. The van der Waals surface area contributed by atoms with Crippen LogP contribution >= 0.6 is 12.4 Å². The third-order valence-corrected chi connectivity index (χ3v) is 5.17. The molecule has 7 heteroatoms. The summed E-state index contributed by atoms with van der Waals surface area (Å²) in [7, 11) is 0. The molecule has 138 valence electrons. The number of hydrogen-bond acceptors (Lipinski definition) is 4. The molecule has 0 aromatic heterocycles. The van der Waals surface area contributed by atoms with E-state index in [0.29, 0.717) is 11.3 Å². The minimum Gasteiger partial charge on any atom is -0.371 e.